The zero-order valence-electron chi connectivity index (χ0n) is 14.1. The maximum absolute atomic E-state index is 13.1. The van der Waals surface area contributed by atoms with Gasteiger partial charge in [0.2, 0.25) is 0 Å². The van der Waals surface area contributed by atoms with Gasteiger partial charge in [0.25, 0.3) is 5.91 Å². The largest absolute Gasteiger partial charge is 0.325 e. The molecule has 124 valence electrons. The van der Waals surface area contributed by atoms with Gasteiger partial charge in [-0.25, -0.2) is 4.79 Å². The van der Waals surface area contributed by atoms with Gasteiger partial charge in [-0.1, -0.05) is 57.4 Å². The third-order valence-corrected chi connectivity index (χ3v) is 5.41. The van der Waals surface area contributed by atoms with Crippen LogP contribution in [-0.4, -0.2) is 23.4 Å². The van der Waals surface area contributed by atoms with Gasteiger partial charge >= 0.3 is 6.03 Å². The molecule has 4 heteroatoms. The van der Waals surface area contributed by atoms with Gasteiger partial charge < -0.3 is 5.32 Å². The molecular formula is C19H26N2O2. The van der Waals surface area contributed by atoms with Crippen LogP contribution in [0.15, 0.2) is 24.3 Å². The third kappa shape index (κ3) is 2.64. The maximum Gasteiger partial charge on any atom is 0.325 e. The van der Waals surface area contributed by atoms with Crippen molar-refractivity contribution in [1.29, 1.82) is 0 Å². The second kappa shape index (κ2) is 6.34. The Morgan fingerprint density at radius 1 is 1.26 bits per heavy atom. The molecule has 1 heterocycles. The van der Waals surface area contributed by atoms with Gasteiger partial charge in [0.05, 0.1) is 0 Å². The lowest BCUT2D eigenvalue weighted by atomic mass is 9.91. The van der Waals surface area contributed by atoms with Gasteiger partial charge in [-0.05, 0) is 36.3 Å². The highest BCUT2D eigenvalue weighted by Crippen LogP contribution is 2.41. The van der Waals surface area contributed by atoms with Gasteiger partial charge in [-0.3, -0.25) is 9.69 Å². The highest BCUT2D eigenvalue weighted by molar-refractivity contribution is 6.08. The first kappa shape index (κ1) is 16.0. The summed E-state index contributed by atoms with van der Waals surface area (Å²) >= 11 is 0. The topological polar surface area (TPSA) is 49.4 Å². The van der Waals surface area contributed by atoms with Crippen molar-refractivity contribution in [3.8, 4) is 0 Å². The SMILES string of the molecule is CCCC[C@H](CC)CN1C(=O)N[C@@]2(CCc3ccccc32)C1=O. The normalized spacial score (nSPS) is 24.2. The predicted octanol–water partition coefficient (Wildman–Crippen LogP) is 3.60. The number of hydrogen-bond donors (Lipinski definition) is 1. The number of amides is 3. The summed E-state index contributed by atoms with van der Waals surface area (Å²) in [6, 6.07) is 7.76. The number of hydrogen-bond acceptors (Lipinski definition) is 2. The molecule has 0 unspecified atom stereocenters. The molecule has 1 aromatic rings. The van der Waals surface area contributed by atoms with Crippen LogP contribution >= 0.6 is 0 Å². The van der Waals surface area contributed by atoms with Crippen LogP contribution in [0.5, 0.6) is 0 Å². The fourth-order valence-corrected chi connectivity index (χ4v) is 3.93. The molecule has 1 aromatic carbocycles. The molecule has 1 saturated heterocycles. The number of carbonyl (C=O) groups excluding carboxylic acids is 2. The molecule has 1 N–H and O–H groups in total. The summed E-state index contributed by atoms with van der Waals surface area (Å²) < 4.78 is 0. The molecular weight excluding hydrogens is 288 g/mol. The van der Waals surface area contributed by atoms with Crippen molar-refractivity contribution < 1.29 is 9.59 Å². The Morgan fingerprint density at radius 2 is 2.04 bits per heavy atom. The first-order chi connectivity index (χ1) is 11.1. The Balaban J connectivity index is 1.81. The van der Waals surface area contributed by atoms with Gasteiger partial charge in [0, 0.05) is 6.54 Å². The van der Waals surface area contributed by atoms with E-state index in [0.717, 1.165) is 37.7 Å². The average Bonchev–Trinajstić information content (AvgIpc) is 3.05. The molecule has 0 saturated carbocycles. The molecule has 0 aromatic heterocycles. The summed E-state index contributed by atoms with van der Waals surface area (Å²) in [5.74, 6) is 0.346. The van der Waals surface area contributed by atoms with E-state index in [4.69, 9.17) is 0 Å². The molecule has 0 bridgehead atoms. The maximum atomic E-state index is 13.1. The number of benzene rings is 1. The number of imide groups is 1. The van der Waals surface area contributed by atoms with Crippen molar-refractivity contribution in [2.75, 3.05) is 6.54 Å². The van der Waals surface area contributed by atoms with Crippen LogP contribution in [0.3, 0.4) is 0 Å². The summed E-state index contributed by atoms with van der Waals surface area (Å²) in [5, 5.41) is 3.01. The van der Waals surface area contributed by atoms with Crippen molar-refractivity contribution >= 4 is 11.9 Å². The highest BCUT2D eigenvalue weighted by atomic mass is 16.2. The van der Waals surface area contributed by atoms with E-state index in [1.54, 1.807) is 0 Å². The smallest absolute Gasteiger partial charge is 0.319 e. The van der Waals surface area contributed by atoms with Crippen LogP contribution in [0, 0.1) is 5.92 Å². The monoisotopic (exact) mass is 314 g/mol. The lowest BCUT2D eigenvalue weighted by Gasteiger charge is -2.24. The van der Waals surface area contributed by atoms with E-state index in [-0.39, 0.29) is 11.9 Å². The van der Waals surface area contributed by atoms with Crippen molar-refractivity contribution in [2.45, 2.75) is 57.9 Å². The van der Waals surface area contributed by atoms with E-state index in [2.05, 4.69) is 25.2 Å². The molecule has 3 amide bonds. The number of aryl methyl sites for hydroxylation is 1. The van der Waals surface area contributed by atoms with Gasteiger partial charge in [0.15, 0.2) is 0 Å². The third-order valence-electron chi connectivity index (χ3n) is 5.41. The number of nitrogens with one attached hydrogen (secondary N) is 1. The number of rotatable bonds is 6. The Morgan fingerprint density at radius 3 is 2.78 bits per heavy atom. The minimum absolute atomic E-state index is 0.0533. The lowest BCUT2D eigenvalue weighted by Crippen LogP contribution is -2.42. The van der Waals surface area contributed by atoms with Crippen LogP contribution in [0.25, 0.3) is 0 Å². The predicted molar refractivity (Wildman–Crippen MR) is 90.0 cm³/mol. The molecule has 1 aliphatic carbocycles. The number of unbranched alkanes of at least 4 members (excludes halogenated alkanes) is 1. The van der Waals surface area contributed by atoms with E-state index in [0.29, 0.717) is 18.9 Å². The molecule has 2 aliphatic rings. The van der Waals surface area contributed by atoms with Crippen LogP contribution in [0.4, 0.5) is 4.79 Å². The Hall–Kier alpha value is -1.84. The number of urea groups is 1. The van der Waals surface area contributed by atoms with Crippen LogP contribution in [0.1, 0.15) is 57.1 Å². The minimum atomic E-state index is -0.809. The molecule has 4 nitrogen and oxygen atoms in total. The molecule has 3 rings (SSSR count). The quantitative estimate of drug-likeness (QED) is 0.816. The van der Waals surface area contributed by atoms with E-state index < -0.39 is 5.54 Å². The Kier molecular flexibility index (Phi) is 4.42. The molecule has 1 fully saturated rings. The standard InChI is InChI=1S/C19H26N2O2/c1-3-5-8-14(4-2)13-21-17(22)19(20-18(21)23)12-11-15-9-6-7-10-16(15)19/h6-7,9-10,14H,3-5,8,11-13H2,1-2H3,(H,20,23)/t14-,19+/m0/s1. The molecule has 1 aliphatic heterocycles. The zero-order valence-corrected chi connectivity index (χ0v) is 14.1. The van der Waals surface area contributed by atoms with Crippen LogP contribution in [-0.2, 0) is 16.8 Å². The van der Waals surface area contributed by atoms with E-state index in [1.807, 2.05) is 18.2 Å². The second-order valence-corrected chi connectivity index (χ2v) is 6.82. The molecule has 2 atom stereocenters. The zero-order chi connectivity index (χ0) is 16.4. The summed E-state index contributed by atoms with van der Waals surface area (Å²) in [5.41, 5.74) is 1.36. The van der Waals surface area contributed by atoms with Gasteiger partial charge in [0.1, 0.15) is 5.54 Å². The highest BCUT2D eigenvalue weighted by Gasteiger charge is 2.55. The Bertz CT molecular complexity index is 613. The Labute approximate surface area is 138 Å². The van der Waals surface area contributed by atoms with Crippen molar-refractivity contribution in [1.82, 2.24) is 10.2 Å². The van der Waals surface area contributed by atoms with Crippen LogP contribution < -0.4 is 5.32 Å². The summed E-state index contributed by atoms with van der Waals surface area (Å²) in [6.45, 7) is 4.86. The first-order valence-corrected chi connectivity index (χ1v) is 8.85. The second-order valence-electron chi connectivity index (χ2n) is 6.82. The fraction of sp³-hybridized carbons (Fsp3) is 0.579. The van der Waals surface area contributed by atoms with Crippen molar-refractivity contribution in [3.05, 3.63) is 35.4 Å². The van der Waals surface area contributed by atoms with Gasteiger partial charge in [-0.15, -0.1) is 0 Å². The van der Waals surface area contributed by atoms with Gasteiger partial charge in [-0.2, -0.15) is 0 Å². The average molecular weight is 314 g/mol. The van der Waals surface area contributed by atoms with Crippen molar-refractivity contribution in [3.63, 3.8) is 0 Å². The summed E-state index contributed by atoms with van der Waals surface area (Å²) in [7, 11) is 0. The lowest BCUT2D eigenvalue weighted by molar-refractivity contribution is -0.132. The van der Waals surface area contributed by atoms with Crippen molar-refractivity contribution in [2.24, 2.45) is 5.92 Å². The number of nitrogens with zero attached hydrogens (tertiary/aromatic N) is 1. The minimum Gasteiger partial charge on any atom is -0.319 e. The molecule has 1 spiro atoms. The van der Waals surface area contributed by atoms with E-state index in [1.165, 1.54) is 10.5 Å². The van der Waals surface area contributed by atoms with E-state index in [9.17, 15) is 9.59 Å². The molecule has 23 heavy (non-hydrogen) atoms. The fourth-order valence-electron chi connectivity index (χ4n) is 3.93. The molecule has 0 radical (unpaired) electrons. The van der Waals surface area contributed by atoms with E-state index >= 15 is 0 Å². The summed E-state index contributed by atoms with van der Waals surface area (Å²) in [4.78, 5) is 27.0. The van der Waals surface area contributed by atoms with Crippen LogP contribution in [0.2, 0.25) is 0 Å². The number of carbonyl (C=O) groups is 2. The summed E-state index contributed by atoms with van der Waals surface area (Å²) in [6.07, 6.45) is 5.90. The number of fused-ring (bicyclic) bond motifs is 2. The first-order valence-electron chi connectivity index (χ1n) is 8.85.